The van der Waals surface area contributed by atoms with E-state index in [1.165, 1.54) is 25.6 Å². The van der Waals surface area contributed by atoms with Gasteiger partial charge in [-0.05, 0) is 43.1 Å². The third-order valence-electron chi connectivity index (χ3n) is 6.67. The largest absolute Gasteiger partial charge is 0.494 e. The number of halogens is 2. The van der Waals surface area contributed by atoms with Crippen molar-refractivity contribution in [2.75, 3.05) is 50.6 Å². The van der Waals surface area contributed by atoms with E-state index in [1.807, 2.05) is 6.08 Å². The molecule has 2 unspecified atom stereocenters. The van der Waals surface area contributed by atoms with Crippen molar-refractivity contribution in [3.63, 3.8) is 0 Å². The molecular formula is C26H27ClFN5O3. The van der Waals surface area contributed by atoms with Crippen LogP contribution in [0, 0.1) is 17.7 Å². The van der Waals surface area contributed by atoms with Crippen LogP contribution in [-0.4, -0.2) is 60.7 Å². The van der Waals surface area contributed by atoms with Gasteiger partial charge >= 0.3 is 0 Å². The number of anilines is 3. The molecule has 2 fully saturated rings. The molecule has 0 radical (unpaired) electrons. The molecule has 2 aromatic carbocycles. The molecule has 0 spiro atoms. The quantitative estimate of drug-likeness (QED) is 0.447. The summed E-state index contributed by atoms with van der Waals surface area (Å²) < 4.78 is 24.6. The van der Waals surface area contributed by atoms with Gasteiger partial charge in [0.2, 0.25) is 5.91 Å². The molecule has 0 aliphatic carbocycles. The SMILES string of the molecule is COc1cc2ncnc(Nc3ccc(F)c(Cl)c3)c2cc1NC(=O)C=CCN1CCC2COCC2C1. The molecule has 1 amide bonds. The lowest BCUT2D eigenvalue weighted by Gasteiger charge is -2.33. The molecule has 0 bridgehead atoms. The smallest absolute Gasteiger partial charge is 0.248 e. The van der Waals surface area contributed by atoms with Gasteiger partial charge in [0.25, 0.3) is 0 Å². The summed E-state index contributed by atoms with van der Waals surface area (Å²) in [5.41, 5.74) is 1.67. The maximum atomic E-state index is 13.5. The Labute approximate surface area is 213 Å². The molecule has 2 N–H and O–H groups in total. The minimum Gasteiger partial charge on any atom is -0.494 e. The fourth-order valence-electron chi connectivity index (χ4n) is 4.74. The highest BCUT2D eigenvalue weighted by Gasteiger charge is 2.33. The van der Waals surface area contributed by atoms with Crippen molar-refractivity contribution < 1.29 is 18.7 Å². The molecule has 2 aliphatic heterocycles. The number of benzene rings is 2. The van der Waals surface area contributed by atoms with E-state index in [4.69, 9.17) is 21.1 Å². The molecule has 3 heterocycles. The Bertz CT molecular complexity index is 1300. The first-order valence-electron chi connectivity index (χ1n) is 11.8. The summed E-state index contributed by atoms with van der Waals surface area (Å²) in [6.45, 7) is 4.45. The minimum atomic E-state index is -0.505. The van der Waals surface area contributed by atoms with Crippen LogP contribution in [0.4, 0.5) is 21.6 Å². The van der Waals surface area contributed by atoms with Gasteiger partial charge in [0.1, 0.15) is 23.7 Å². The van der Waals surface area contributed by atoms with Crippen LogP contribution >= 0.6 is 11.6 Å². The number of methoxy groups -OCH3 is 1. The molecule has 188 valence electrons. The standard InChI is InChI=1S/C26H27ClFN5O3/c1-35-24-11-22-19(26(30-15-29-22)31-18-4-5-21(28)20(27)9-18)10-23(24)32-25(34)3-2-7-33-8-6-16-13-36-14-17(16)12-33/h2-5,9-11,15-17H,6-8,12-14H2,1H3,(H,32,34)(H,29,30,31). The molecule has 36 heavy (non-hydrogen) atoms. The van der Waals surface area contributed by atoms with Gasteiger partial charge in [-0.25, -0.2) is 14.4 Å². The van der Waals surface area contributed by atoms with E-state index < -0.39 is 5.82 Å². The Morgan fingerprint density at radius 2 is 2.14 bits per heavy atom. The predicted octanol–water partition coefficient (Wildman–Crippen LogP) is 4.64. The van der Waals surface area contributed by atoms with Gasteiger partial charge in [-0.2, -0.15) is 0 Å². The van der Waals surface area contributed by atoms with Gasteiger partial charge in [0, 0.05) is 48.8 Å². The lowest BCUT2D eigenvalue weighted by molar-refractivity contribution is -0.111. The number of hydrogen-bond donors (Lipinski definition) is 2. The highest BCUT2D eigenvalue weighted by molar-refractivity contribution is 6.31. The van der Waals surface area contributed by atoms with Gasteiger partial charge in [0.05, 0.1) is 29.9 Å². The van der Waals surface area contributed by atoms with Crippen molar-refractivity contribution in [1.29, 1.82) is 0 Å². The van der Waals surface area contributed by atoms with Gasteiger partial charge < -0.3 is 20.1 Å². The zero-order chi connectivity index (χ0) is 25.1. The minimum absolute atomic E-state index is 0.000664. The molecule has 3 aromatic rings. The number of carbonyl (C=O) groups excluding carboxylic acids is 1. The second-order valence-corrected chi connectivity index (χ2v) is 9.45. The number of ether oxygens (including phenoxy) is 2. The van der Waals surface area contributed by atoms with E-state index in [9.17, 15) is 9.18 Å². The molecule has 0 saturated carbocycles. The van der Waals surface area contributed by atoms with E-state index in [2.05, 4.69) is 25.5 Å². The number of nitrogens with one attached hydrogen (secondary N) is 2. The van der Waals surface area contributed by atoms with Crippen LogP contribution in [0.25, 0.3) is 10.9 Å². The maximum Gasteiger partial charge on any atom is 0.248 e. The zero-order valence-corrected chi connectivity index (χ0v) is 20.6. The van der Waals surface area contributed by atoms with Crippen LogP contribution in [0.2, 0.25) is 5.02 Å². The second-order valence-electron chi connectivity index (χ2n) is 9.04. The van der Waals surface area contributed by atoms with Crippen LogP contribution in [0.15, 0.2) is 48.8 Å². The lowest BCUT2D eigenvalue weighted by Crippen LogP contribution is -2.39. The average Bonchev–Trinajstić information content (AvgIpc) is 3.34. The molecule has 10 heteroatoms. The topological polar surface area (TPSA) is 88.6 Å². The lowest BCUT2D eigenvalue weighted by atomic mass is 9.89. The summed E-state index contributed by atoms with van der Waals surface area (Å²) in [7, 11) is 1.53. The fourth-order valence-corrected chi connectivity index (χ4v) is 4.93. The molecular weight excluding hydrogens is 485 g/mol. The van der Waals surface area contributed by atoms with E-state index in [0.717, 1.165) is 32.7 Å². The Balaban J connectivity index is 1.30. The first-order chi connectivity index (χ1) is 17.5. The second kappa shape index (κ2) is 10.8. The maximum absolute atomic E-state index is 13.5. The van der Waals surface area contributed by atoms with E-state index >= 15 is 0 Å². The number of hydrogen-bond acceptors (Lipinski definition) is 7. The normalized spacial score (nSPS) is 20.0. The number of rotatable bonds is 7. The third kappa shape index (κ3) is 5.43. The Morgan fingerprint density at radius 3 is 2.97 bits per heavy atom. The van der Waals surface area contributed by atoms with Crippen molar-refractivity contribution >= 4 is 45.6 Å². The number of piperidine rings is 1. The summed E-state index contributed by atoms with van der Waals surface area (Å²) in [5, 5.41) is 6.68. The summed E-state index contributed by atoms with van der Waals surface area (Å²) in [5.74, 6) is 1.46. The molecule has 8 nitrogen and oxygen atoms in total. The first-order valence-corrected chi connectivity index (χ1v) is 12.2. The number of amides is 1. The Kier molecular flexibility index (Phi) is 7.31. The summed E-state index contributed by atoms with van der Waals surface area (Å²) in [6, 6.07) is 7.79. The predicted molar refractivity (Wildman–Crippen MR) is 137 cm³/mol. The fraction of sp³-hybridized carbons (Fsp3) is 0.346. The summed E-state index contributed by atoms with van der Waals surface area (Å²) in [6.07, 6.45) is 5.98. The van der Waals surface area contributed by atoms with Crippen LogP contribution in [-0.2, 0) is 9.53 Å². The van der Waals surface area contributed by atoms with Gasteiger partial charge in [-0.3, -0.25) is 9.69 Å². The molecule has 2 atom stereocenters. The van der Waals surface area contributed by atoms with Crippen molar-refractivity contribution in [2.45, 2.75) is 6.42 Å². The monoisotopic (exact) mass is 511 g/mol. The third-order valence-corrected chi connectivity index (χ3v) is 6.96. The molecule has 5 rings (SSSR count). The van der Waals surface area contributed by atoms with Gasteiger partial charge in [0.15, 0.2) is 0 Å². The van der Waals surface area contributed by atoms with Crippen LogP contribution in [0.1, 0.15) is 6.42 Å². The van der Waals surface area contributed by atoms with Crippen LogP contribution in [0.3, 0.4) is 0 Å². The van der Waals surface area contributed by atoms with E-state index in [1.54, 1.807) is 24.3 Å². The van der Waals surface area contributed by atoms with Crippen molar-refractivity contribution in [3.05, 3.63) is 59.7 Å². The summed E-state index contributed by atoms with van der Waals surface area (Å²) in [4.78, 5) is 23.7. The number of nitrogens with zero attached hydrogens (tertiary/aromatic N) is 3. The highest BCUT2D eigenvalue weighted by Crippen LogP contribution is 2.34. The number of carbonyl (C=O) groups is 1. The van der Waals surface area contributed by atoms with Crippen molar-refractivity contribution in [2.24, 2.45) is 11.8 Å². The van der Waals surface area contributed by atoms with Gasteiger partial charge in [-0.15, -0.1) is 0 Å². The Morgan fingerprint density at radius 1 is 1.28 bits per heavy atom. The molecule has 2 aliphatic rings. The average molecular weight is 512 g/mol. The Hall–Kier alpha value is -3.27. The zero-order valence-electron chi connectivity index (χ0n) is 19.8. The molecule has 1 aromatic heterocycles. The van der Waals surface area contributed by atoms with Crippen LogP contribution < -0.4 is 15.4 Å². The molecule has 2 saturated heterocycles. The number of likely N-dealkylation sites (tertiary alicyclic amines) is 1. The van der Waals surface area contributed by atoms with Crippen LogP contribution in [0.5, 0.6) is 5.75 Å². The first kappa shape index (κ1) is 24.4. The summed E-state index contributed by atoms with van der Waals surface area (Å²) >= 11 is 5.91. The van der Waals surface area contributed by atoms with E-state index in [0.29, 0.717) is 52.2 Å². The van der Waals surface area contributed by atoms with E-state index in [-0.39, 0.29) is 10.9 Å². The van der Waals surface area contributed by atoms with Gasteiger partial charge in [-0.1, -0.05) is 17.7 Å². The number of aromatic nitrogens is 2. The number of fused-ring (bicyclic) bond motifs is 2. The van der Waals surface area contributed by atoms with Crippen molar-refractivity contribution in [1.82, 2.24) is 14.9 Å². The van der Waals surface area contributed by atoms with Crippen molar-refractivity contribution in [3.8, 4) is 5.75 Å². The highest BCUT2D eigenvalue weighted by atomic mass is 35.5.